The molecule has 0 bridgehead atoms. The van der Waals surface area contributed by atoms with Gasteiger partial charge in [-0.2, -0.15) is 0 Å². The van der Waals surface area contributed by atoms with Crippen LogP contribution >= 0.6 is 23.2 Å². The van der Waals surface area contributed by atoms with Crippen molar-refractivity contribution in [1.29, 1.82) is 0 Å². The predicted octanol–water partition coefficient (Wildman–Crippen LogP) is 10.1. The Balaban J connectivity index is 0.000000170. The summed E-state index contributed by atoms with van der Waals surface area (Å²) in [4.78, 5) is 43.2. The molecule has 340 valence electrons. The molecule has 10 aromatic rings. The summed E-state index contributed by atoms with van der Waals surface area (Å²) in [6.45, 7) is 4.02. The van der Waals surface area contributed by atoms with E-state index in [1.54, 1.807) is 97.8 Å². The van der Waals surface area contributed by atoms with Gasteiger partial charge in [0.15, 0.2) is 0 Å². The fourth-order valence-corrected chi connectivity index (χ4v) is 9.15. The summed E-state index contributed by atoms with van der Waals surface area (Å²) in [5.74, 6) is 0. The van der Waals surface area contributed by atoms with E-state index in [0.29, 0.717) is 49.1 Å². The summed E-state index contributed by atoms with van der Waals surface area (Å²) in [6.07, 6.45) is 9.80. The van der Waals surface area contributed by atoms with Gasteiger partial charge in [0, 0.05) is 84.7 Å². The number of aromatic nitrogens is 8. The van der Waals surface area contributed by atoms with E-state index >= 15 is 4.39 Å². The largest absolute Gasteiger partial charge is 0.336 e. The summed E-state index contributed by atoms with van der Waals surface area (Å²) < 4.78 is 23.9. The number of nitrogens with zero attached hydrogens (tertiary/aromatic N) is 8. The highest BCUT2D eigenvalue weighted by atomic mass is 35.5. The SMILES string of the molecule is Cc1cccc(-c2cc(=O)n(C)c3ncc([C@](F)(c4ccc(Cl)cc4)c4cncn4C)cc23)c1.Cc1cccc(-c2cc(=O)n(C)c3ncc([C@](N)(c4ccc(Cl)cc4)c4cncn4C)cc23)c1. The van der Waals surface area contributed by atoms with Crippen LogP contribution in [0.2, 0.25) is 10.0 Å². The highest BCUT2D eigenvalue weighted by Gasteiger charge is 2.40. The third-order valence-corrected chi connectivity index (χ3v) is 13.1. The van der Waals surface area contributed by atoms with Crippen LogP contribution in [0, 0.1) is 13.8 Å². The molecule has 0 aliphatic heterocycles. The Kier molecular flexibility index (Phi) is 12.0. The zero-order valence-corrected chi connectivity index (χ0v) is 39.6. The van der Waals surface area contributed by atoms with Gasteiger partial charge in [-0.15, -0.1) is 0 Å². The van der Waals surface area contributed by atoms with Crippen LogP contribution in [0.1, 0.15) is 44.8 Å². The van der Waals surface area contributed by atoms with Crippen LogP contribution in [-0.4, -0.2) is 38.2 Å². The Morgan fingerprint density at radius 1 is 0.529 bits per heavy atom. The third kappa shape index (κ3) is 8.10. The van der Waals surface area contributed by atoms with E-state index in [1.807, 2.05) is 98.3 Å². The van der Waals surface area contributed by atoms with Crippen molar-refractivity contribution in [2.45, 2.75) is 25.1 Å². The molecule has 0 amide bonds. The number of halogens is 3. The Morgan fingerprint density at radius 2 is 0.971 bits per heavy atom. The number of rotatable bonds is 8. The predicted molar refractivity (Wildman–Crippen MR) is 269 cm³/mol. The van der Waals surface area contributed by atoms with Crippen LogP contribution in [0.25, 0.3) is 44.3 Å². The first-order valence-electron chi connectivity index (χ1n) is 21.7. The van der Waals surface area contributed by atoms with Gasteiger partial charge < -0.3 is 14.9 Å². The second-order valence-corrected chi connectivity index (χ2v) is 18.0. The van der Waals surface area contributed by atoms with Crippen molar-refractivity contribution >= 4 is 45.3 Å². The number of pyridine rings is 4. The van der Waals surface area contributed by atoms with Gasteiger partial charge in [-0.3, -0.25) is 18.7 Å². The minimum absolute atomic E-state index is 0.118. The van der Waals surface area contributed by atoms with Crippen LogP contribution < -0.4 is 16.9 Å². The molecule has 6 aromatic heterocycles. The lowest BCUT2D eigenvalue weighted by molar-refractivity contribution is 0.266. The van der Waals surface area contributed by atoms with E-state index in [1.165, 1.54) is 17.0 Å². The molecule has 11 nitrogen and oxygen atoms in total. The monoisotopic (exact) mass is 941 g/mol. The smallest absolute Gasteiger partial charge is 0.252 e. The molecule has 0 saturated carbocycles. The van der Waals surface area contributed by atoms with Gasteiger partial charge in [-0.25, -0.2) is 24.3 Å². The molecule has 0 aliphatic rings. The van der Waals surface area contributed by atoms with Gasteiger partial charge in [-0.05, 0) is 83.6 Å². The molecule has 4 aromatic carbocycles. The van der Waals surface area contributed by atoms with Gasteiger partial charge in [0.25, 0.3) is 11.1 Å². The van der Waals surface area contributed by atoms with E-state index < -0.39 is 11.2 Å². The number of alkyl halides is 1. The molecule has 0 fully saturated rings. The van der Waals surface area contributed by atoms with E-state index in [2.05, 4.69) is 21.0 Å². The standard InChI is InChI=1S/C27H22ClFN4O.C27H24ClN5O/c2*1-17-5-4-6-18(11-17)22-13-25(34)33(3)26-23(22)12-20(14-31-26)27(29,24-15-30-16-32(24)2)19-7-9-21(28)10-8-19/h4-16H,1-3H3;4-16H,29H2,1-3H3/t2*27-/m11/s1. The normalized spacial score (nSPS) is 13.2. The molecule has 6 heterocycles. The quantitative estimate of drug-likeness (QED) is 0.161. The maximum Gasteiger partial charge on any atom is 0.252 e. The van der Waals surface area contributed by atoms with Gasteiger partial charge in [-0.1, -0.05) is 107 Å². The van der Waals surface area contributed by atoms with Gasteiger partial charge >= 0.3 is 0 Å². The average molecular weight is 943 g/mol. The molecule has 10 rings (SSSR count). The van der Waals surface area contributed by atoms with Crippen molar-refractivity contribution in [2.24, 2.45) is 33.9 Å². The first-order valence-corrected chi connectivity index (χ1v) is 22.4. The number of fused-ring (bicyclic) bond motifs is 2. The minimum Gasteiger partial charge on any atom is -0.336 e. The van der Waals surface area contributed by atoms with E-state index in [-0.39, 0.29) is 11.1 Å². The molecule has 68 heavy (non-hydrogen) atoms. The summed E-state index contributed by atoms with van der Waals surface area (Å²) in [7, 11) is 7.06. The third-order valence-electron chi connectivity index (χ3n) is 12.6. The Hall–Kier alpha value is -7.51. The minimum atomic E-state index is -2.05. The van der Waals surface area contributed by atoms with Crippen molar-refractivity contribution in [3.8, 4) is 22.3 Å². The molecule has 0 spiro atoms. The lowest BCUT2D eigenvalue weighted by atomic mass is 9.81. The van der Waals surface area contributed by atoms with Crippen LogP contribution in [0.4, 0.5) is 4.39 Å². The van der Waals surface area contributed by atoms with Crippen LogP contribution in [0.5, 0.6) is 0 Å². The Morgan fingerprint density at radius 3 is 1.43 bits per heavy atom. The van der Waals surface area contributed by atoms with Gasteiger partial charge in [0.2, 0.25) is 5.67 Å². The molecule has 14 heteroatoms. The van der Waals surface area contributed by atoms with Crippen molar-refractivity contribution in [3.05, 3.63) is 234 Å². The van der Waals surface area contributed by atoms with Gasteiger partial charge in [0.1, 0.15) is 16.8 Å². The van der Waals surface area contributed by atoms with Crippen LogP contribution in [0.3, 0.4) is 0 Å². The highest BCUT2D eigenvalue weighted by Crippen LogP contribution is 2.42. The molecule has 2 atom stereocenters. The molecule has 0 radical (unpaired) electrons. The second-order valence-electron chi connectivity index (χ2n) is 17.1. The number of imidazole rings is 2. The second kappa shape index (κ2) is 17.9. The van der Waals surface area contributed by atoms with Gasteiger partial charge in [0.05, 0.1) is 36.4 Å². The maximum absolute atomic E-state index is 17.3. The van der Waals surface area contributed by atoms with E-state index in [4.69, 9.17) is 33.9 Å². The lowest BCUT2D eigenvalue weighted by Gasteiger charge is -2.31. The molecule has 0 saturated heterocycles. The topological polar surface area (TPSA) is 131 Å². The molecule has 2 N–H and O–H groups in total. The zero-order chi connectivity index (χ0) is 48.1. The maximum atomic E-state index is 17.3. The van der Waals surface area contributed by atoms with E-state index in [0.717, 1.165) is 50.0 Å². The molecule has 0 aliphatic carbocycles. The fourth-order valence-electron chi connectivity index (χ4n) is 8.90. The molecule has 0 unspecified atom stereocenters. The first kappa shape index (κ1) is 45.6. The van der Waals surface area contributed by atoms with Crippen molar-refractivity contribution in [2.75, 3.05) is 0 Å². The summed E-state index contributed by atoms with van der Waals surface area (Å²) in [5, 5.41) is 2.67. The number of nitrogens with two attached hydrogens (primary N) is 1. The summed E-state index contributed by atoms with van der Waals surface area (Å²) >= 11 is 12.3. The lowest BCUT2D eigenvalue weighted by Crippen LogP contribution is -2.41. The zero-order valence-electron chi connectivity index (χ0n) is 38.1. The van der Waals surface area contributed by atoms with Crippen molar-refractivity contribution in [1.82, 2.24) is 38.2 Å². The summed E-state index contributed by atoms with van der Waals surface area (Å²) in [6, 6.07) is 37.2. The first-order chi connectivity index (χ1) is 32.6. The van der Waals surface area contributed by atoms with E-state index in [9.17, 15) is 9.59 Å². The molecular weight excluding hydrogens is 897 g/mol. The fraction of sp³-hybridized carbons (Fsp3) is 0.148. The van der Waals surface area contributed by atoms with Crippen LogP contribution in [-0.2, 0) is 39.4 Å². The highest BCUT2D eigenvalue weighted by molar-refractivity contribution is 6.30. The van der Waals surface area contributed by atoms with Crippen molar-refractivity contribution < 1.29 is 4.39 Å². The number of hydrogen-bond acceptors (Lipinski definition) is 7. The Bertz CT molecular complexity index is 3420. The summed E-state index contributed by atoms with van der Waals surface area (Å²) in [5.41, 5.74) is 14.0. The number of benzene rings is 4. The average Bonchev–Trinajstić information content (AvgIpc) is 3.99. The number of hydrogen-bond donors (Lipinski definition) is 1. The number of aryl methyl sites for hydroxylation is 6. The Labute approximate surface area is 401 Å². The van der Waals surface area contributed by atoms with Crippen molar-refractivity contribution in [3.63, 3.8) is 0 Å². The van der Waals surface area contributed by atoms with Crippen LogP contribution in [0.15, 0.2) is 168 Å². The molecular formula is C54H46Cl2FN9O2.